The van der Waals surface area contributed by atoms with Crippen molar-refractivity contribution in [3.8, 4) is 68.6 Å². The number of nitriles is 2. The van der Waals surface area contributed by atoms with Gasteiger partial charge in [0, 0.05) is 16.7 Å². The van der Waals surface area contributed by atoms with Gasteiger partial charge in [0.2, 0.25) is 0 Å². The average Bonchev–Trinajstić information content (AvgIpc) is 3.16. The molecule has 0 spiro atoms. The minimum Gasteiger partial charge on any atom is -0.457 e. The maximum Gasteiger partial charge on any atom is 0.149 e. The first-order chi connectivity index (χ1) is 25.3. The third-order valence-corrected chi connectivity index (χ3v) is 8.49. The standard InChI is InChI=1S/C25H17ClN2O.C18H10Cl2N2O/c1-17-6-5-7-19(14-17)24-15-22(23(16-27)25(26)28-24)18-10-12-21(13-11-18)29-20-8-3-2-4-9-20;19-17-10-15(16(11-21)18(20)22-17)12-6-8-14(9-7-12)23-13-4-2-1-3-5-13/h2-15H,1H3;1-10H. The molecule has 0 radical (unpaired) electrons. The van der Waals surface area contributed by atoms with Crippen LogP contribution in [0.25, 0.3) is 33.5 Å². The van der Waals surface area contributed by atoms with Crippen molar-refractivity contribution in [2.24, 2.45) is 0 Å². The van der Waals surface area contributed by atoms with Crippen molar-refractivity contribution in [2.75, 3.05) is 0 Å². The van der Waals surface area contributed by atoms with E-state index in [1.165, 1.54) is 0 Å². The maximum atomic E-state index is 9.62. The summed E-state index contributed by atoms with van der Waals surface area (Å²) in [5, 5.41) is 19.4. The van der Waals surface area contributed by atoms with Crippen LogP contribution in [-0.2, 0) is 0 Å². The van der Waals surface area contributed by atoms with E-state index >= 15 is 0 Å². The number of pyridine rings is 2. The van der Waals surface area contributed by atoms with Crippen molar-refractivity contribution in [3.63, 3.8) is 0 Å². The number of hydrogen-bond acceptors (Lipinski definition) is 6. The number of benzene rings is 5. The molecule has 0 amide bonds. The fourth-order valence-electron chi connectivity index (χ4n) is 5.27. The molecule has 0 atom stereocenters. The van der Waals surface area contributed by atoms with E-state index in [1.54, 1.807) is 6.07 Å². The largest absolute Gasteiger partial charge is 0.457 e. The third-order valence-electron chi connectivity index (χ3n) is 7.75. The molecule has 0 N–H and O–H groups in total. The molecule has 0 aliphatic rings. The molecule has 0 aliphatic carbocycles. The van der Waals surface area contributed by atoms with Gasteiger partial charge in [0.05, 0.1) is 16.8 Å². The second-order valence-electron chi connectivity index (χ2n) is 11.4. The van der Waals surface area contributed by atoms with E-state index in [0.717, 1.165) is 50.8 Å². The summed E-state index contributed by atoms with van der Waals surface area (Å²) in [6.45, 7) is 2.03. The Labute approximate surface area is 316 Å². The van der Waals surface area contributed by atoms with E-state index < -0.39 is 0 Å². The number of ether oxygens (including phenoxy) is 2. The molecule has 7 aromatic rings. The number of hydrogen-bond donors (Lipinski definition) is 0. The summed E-state index contributed by atoms with van der Waals surface area (Å²) in [4.78, 5) is 8.32. The van der Waals surface area contributed by atoms with E-state index in [0.29, 0.717) is 22.4 Å². The number of halogens is 3. The Morgan fingerprint density at radius 1 is 0.481 bits per heavy atom. The highest BCUT2D eigenvalue weighted by Crippen LogP contribution is 2.35. The summed E-state index contributed by atoms with van der Waals surface area (Å²) >= 11 is 18.3. The zero-order chi connectivity index (χ0) is 36.5. The van der Waals surface area contributed by atoms with Crippen molar-refractivity contribution < 1.29 is 9.47 Å². The first-order valence-electron chi connectivity index (χ1n) is 15.9. The molecule has 0 bridgehead atoms. The minimum atomic E-state index is 0.0969. The molecule has 0 unspecified atom stereocenters. The number of para-hydroxylation sites is 2. The molecule has 0 saturated heterocycles. The van der Waals surface area contributed by atoms with Crippen LogP contribution in [0.15, 0.2) is 146 Å². The van der Waals surface area contributed by atoms with Gasteiger partial charge in [-0.25, -0.2) is 9.97 Å². The molecule has 6 nitrogen and oxygen atoms in total. The summed E-state index contributed by atoms with van der Waals surface area (Å²) in [7, 11) is 0. The van der Waals surface area contributed by atoms with Crippen LogP contribution < -0.4 is 9.47 Å². The lowest BCUT2D eigenvalue weighted by molar-refractivity contribution is 0.482. The van der Waals surface area contributed by atoms with E-state index in [-0.39, 0.29) is 15.5 Å². The Hall–Kier alpha value is -6.15. The maximum absolute atomic E-state index is 9.62. The van der Waals surface area contributed by atoms with Crippen LogP contribution in [0.3, 0.4) is 0 Å². The van der Waals surface area contributed by atoms with Crippen LogP contribution in [-0.4, -0.2) is 9.97 Å². The Morgan fingerprint density at radius 2 is 0.942 bits per heavy atom. The molecule has 2 aromatic heterocycles. The molecule has 0 saturated carbocycles. The van der Waals surface area contributed by atoms with Crippen LogP contribution in [0.4, 0.5) is 0 Å². The van der Waals surface area contributed by atoms with Gasteiger partial charge in [-0.05, 0) is 84.8 Å². The molecule has 2 heterocycles. The fourth-order valence-corrected chi connectivity index (χ4v) is 5.98. The lowest BCUT2D eigenvalue weighted by atomic mass is 9.98. The SMILES string of the molecule is Cc1cccc(-c2cc(-c3ccc(Oc4ccccc4)cc3)c(C#N)c(Cl)n2)c1.N#Cc1c(-c2ccc(Oc3ccccc3)cc2)cc(Cl)nc1Cl. The summed E-state index contributed by atoms with van der Waals surface area (Å²) in [6.07, 6.45) is 0. The van der Waals surface area contributed by atoms with Gasteiger partial charge in [-0.2, -0.15) is 10.5 Å². The highest BCUT2D eigenvalue weighted by Gasteiger charge is 2.15. The smallest absolute Gasteiger partial charge is 0.149 e. The van der Waals surface area contributed by atoms with E-state index in [4.69, 9.17) is 44.3 Å². The number of aryl methyl sites for hydroxylation is 1. The minimum absolute atomic E-state index is 0.0969. The van der Waals surface area contributed by atoms with Crippen LogP contribution in [0, 0.1) is 29.6 Å². The van der Waals surface area contributed by atoms with Crippen molar-refractivity contribution in [1.82, 2.24) is 9.97 Å². The zero-order valence-electron chi connectivity index (χ0n) is 27.6. The fraction of sp³-hybridized carbons (Fsp3) is 0.0233. The summed E-state index contributed by atoms with van der Waals surface area (Å²) in [6, 6.07) is 49.9. The van der Waals surface area contributed by atoms with Crippen molar-refractivity contribution >= 4 is 34.8 Å². The van der Waals surface area contributed by atoms with Crippen molar-refractivity contribution in [1.29, 1.82) is 10.5 Å². The van der Waals surface area contributed by atoms with Gasteiger partial charge in [0.25, 0.3) is 0 Å². The third kappa shape index (κ3) is 8.76. The lowest BCUT2D eigenvalue weighted by Crippen LogP contribution is -1.93. The monoisotopic (exact) mass is 736 g/mol. The van der Waals surface area contributed by atoms with Gasteiger partial charge in [0.1, 0.15) is 50.6 Å². The Morgan fingerprint density at radius 3 is 1.42 bits per heavy atom. The molecule has 0 fully saturated rings. The highest BCUT2D eigenvalue weighted by atomic mass is 35.5. The first-order valence-corrected chi connectivity index (χ1v) is 17.0. The van der Waals surface area contributed by atoms with Crippen molar-refractivity contribution in [3.05, 3.63) is 178 Å². The second-order valence-corrected chi connectivity index (χ2v) is 12.5. The van der Waals surface area contributed by atoms with Crippen LogP contribution in [0.5, 0.6) is 23.0 Å². The van der Waals surface area contributed by atoms with Gasteiger partial charge < -0.3 is 9.47 Å². The normalized spacial score (nSPS) is 10.3. The predicted molar refractivity (Wildman–Crippen MR) is 207 cm³/mol. The number of rotatable bonds is 7. The Bertz CT molecular complexity index is 2410. The molecule has 0 aliphatic heterocycles. The van der Waals surface area contributed by atoms with Crippen LogP contribution >= 0.6 is 34.8 Å². The number of aromatic nitrogens is 2. The van der Waals surface area contributed by atoms with E-state index in [2.05, 4.69) is 22.1 Å². The summed E-state index contributed by atoms with van der Waals surface area (Å²) in [5.41, 5.74) is 6.56. The van der Waals surface area contributed by atoms with Gasteiger partial charge in [0.15, 0.2) is 0 Å². The van der Waals surface area contributed by atoms with E-state index in [1.807, 2.05) is 146 Å². The van der Waals surface area contributed by atoms with Crippen molar-refractivity contribution in [2.45, 2.75) is 6.92 Å². The van der Waals surface area contributed by atoms with Crippen LogP contribution in [0.1, 0.15) is 16.7 Å². The molecule has 7 rings (SSSR count). The second kappa shape index (κ2) is 16.7. The molecule has 52 heavy (non-hydrogen) atoms. The highest BCUT2D eigenvalue weighted by molar-refractivity contribution is 6.33. The van der Waals surface area contributed by atoms with Gasteiger partial charge >= 0.3 is 0 Å². The predicted octanol–water partition coefficient (Wildman–Crippen LogP) is 12.8. The average molecular weight is 738 g/mol. The molecular weight excluding hydrogens is 711 g/mol. The zero-order valence-corrected chi connectivity index (χ0v) is 29.9. The van der Waals surface area contributed by atoms with Gasteiger partial charge in [-0.1, -0.05) is 119 Å². The quantitative estimate of drug-likeness (QED) is 0.151. The Balaban J connectivity index is 0.000000183. The van der Waals surface area contributed by atoms with E-state index in [9.17, 15) is 10.5 Å². The lowest BCUT2D eigenvalue weighted by Gasteiger charge is -2.11. The topological polar surface area (TPSA) is 91.8 Å². The molecule has 5 aromatic carbocycles. The first kappa shape index (κ1) is 35.7. The van der Waals surface area contributed by atoms with Gasteiger partial charge in [-0.3, -0.25) is 0 Å². The molecule has 252 valence electrons. The van der Waals surface area contributed by atoms with Gasteiger partial charge in [-0.15, -0.1) is 0 Å². The molecular formula is C43H27Cl3N4O2. The molecule has 9 heteroatoms. The summed E-state index contributed by atoms with van der Waals surface area (Å²) < 4.78 is 11.6. The van der Waals surface area contributed by atoms with Crippen LogP contribution in [0.2, 0.25) is 15.5 Å². The Kier molecular flexibility index (Phi) is 11.5. The summed E-state index contributed by atoms with van der Waals surface area (Å²) in [5.74, 6) is 2.95. The number of nitrogens with zero attached hydrogens (tertiary/aromatic N) is 4.